The number of carbonyl (C=O) groups excluding carboxylic acids is 4. The number of anilines is 2. The standard InChI is InChI=1S/C28H26N2O6S4/c1-15(2)13-35-25(33)17-5-9-19(10-6-17)29-23(31)21(39-27(29)37)22-24(32)30(28(38)40-22)20-11-7-18(8-12-20)26(34)36-14-16(3)4/h5-12,15-16H,13-14H2,1-4H3/b22-21+. The molecule has 0 unspecified atom stereocenters. The molecule has 2 aromatic rings. The molecule has 8 nitrogen and oxygen atoms in total. The van der Waals surface area contributed by atoms with Gasteiger partial charge in [0.15, 0.2) is 8.64 Å². The first-order valence-corrected chi connectivity index (χ1v) is 14.8. The molecule has 2 aromatic carbocycles. The normalized spacial score (nSPS) is 17.4. The van der Waals surface area contributed by atoms with E-state index in [1.807, 2.05) is 27.7 Å². The summed E-state index contributed by atoms with van der Waals surface area (Å²) in [6.07, 6.45) is 0. The molecule has 0 spiro atoms. The van der Waals surface area contributed by atoms with Crippen molar-refractivity contribution in [1.82, 2.24) is 0 Å². The summed E-state index contributed by atoms with van der Waals surface area (Å²) in [5, 5.41) is 0. The highest BCUT2D eigenvalue weighted by Gasteiger charge is 2.43. The Morgan fingerprint density at radius 2 is 1.00 bits per heavy atom. The van der Waals surface area contributed by atoms with Crippen LogP contribution in [-0.4, -0.2) is 45.6 Å². The van der Waals surface area contributed by atoms with E-state index in [9.17, 15) is 19.2 Å². The molecule has 2 aliphatic heterocycles. The summed E-state index contributed by atoms with van der Waals surface area (Å²) in [6, 6.07) is 12.7. The van der Waals surface area contributed by atoms with Crippen molar-refractivity contribution in [2.24, 2.45) is 11.8 Å². The number of esters is 2. The van der Waals surface area contributed by atoms with E-state index in [2.05, 4.69) is 0 Å². The van der Waals surface area contributed by atoms with Gasteiger partial charge in [-0.2, -0.15) is 0 Å². The molecule has 2 aliphatic rings. The molecule has 0 N–H and O–H groups in total. The lowest BCUT2D eigenvalue weighted by Gasteiger charge is -2.15. The number of thiocarbonyl (C=S) groups is 2. The summed E-state index contributed by atoms with van der Waals surface area (Å²) in [7, 11) is 0. The number of benzene rings is 2. The van der Waals surface area contributed by atoms with Gasteiger partial charge in [0, 0.05) is 0 Å². The third-order valence-electron chi connectivity index (χ3n) is 5.56. The van der Waals surface area contributed by atoms with E-state index in [1.54, 1.807) is 48.5 Å². The minimum Gasteiger partial charge on any atom is -0.462 e. The summed E-state index contributed by atoms with van der Waals surface area (Å²) >= 11 is 13.0. The van der Waals surface area contributed by atoms with Gasteiger partial charge in [0.25, 0.3) is 11.8 Å². The molecule has 12 heteroatoms. The Balaban J connectivity index is 1.51. The molecule has 208 valence electrons. The third kappa shape index (κ3) is 6.46. The molecule has 4 rings (SSSR count). The van der Waals surface area contributed by atoms with Gasteiger partial charge in [-0.25, -0.2) is 9.59 Å². The Kier molecular flexibility index (Phi) is 9.44. The number of thioether (sulfide) groups is 2. The molecule has 0 atom stereocenters. The van der Waals surface area contributed by atoms with Crippen LogP contribution < -0.4 is 9.80 Å². The van der Waals surface area contributed by atoms with Crippen molar-refractivity contribution in [3.05, 3.63) is 69.5 Å². The van der Waals surface area contributed by atoms with E-state index in [4.69, 9.17) is 33.9 Å². The van der Waals surface area contributed by atoms with E-state index in [1.165, 1.54) is 9.80 Å². The molecule has 0 aromatic heterocycles. The highest BCUT2D eigenvalue weighted by Crippen LogP contribution is 2.44. The molecule has 2 amide bonds. The van der Waals surface area contributed by atoms with E-state index in [0.29, 0.717) is 35.7 Å². The molecule has 40 heavy (non-hydrogen) atoms. The van der Waals surface area contributed by atoms with Crippen LogP contribution in [0.15, 0.2) is 58.3 Å². The number of ether oxygens (including phenoxy) is 2. The Hall–Kier alpha value is -3.06. The summed E-state index contributed by atoms with van der Waals surface area (Å²) in [6.45, 7) is 8.40. The molecule has 0 aliphatic carbocycles. The van der Waals surface area contributed by atoms with Crippen molar-refractivity contribution in [3.63, 3.8) is 0 Å². The predicted molar refractivity (Wildman–Crippen MR) is 166 cm³/mol. The molecule has 2 heterocycles. The first-order chi connectivity index (χ1) is 19.0. The number of amides is 2. The first kappa shape index (κ1) is 29.9. The average Bonchev–Trinajstić information content (AvgIpc) is 3.38. The number of rotatable bonds is 8. The molecule has 0 bridgehead atoms. The molecular weight excluding hydrogens is 589 g/mol. The van der Waals surface area contributed by atoms with E-state index < -0.39 is 23.8 Å². The summed E-state index contributed by atoms with van der Waals surface area (Å²) in [5.74, 6) is -1.37. The van der Waals surface area contributed by atoms with Crippen molar-refractivity contribution in [3.8, 4) is 0 Å². The zero-order valence-electron chi connectivity index (χ0n) is 22.2. The second-order valence-electron chi connectivity index (χ2n) is 9.75. The van der Waals surface area contributed by atoms with Gasteiger partial charge in [-0.1, -0.05) is 75.7 Å². The Bertz CT molecular complexity index is 1310. The van der Waals surface area contributed by atoms with Crippen molar-refractivity contribution in [1.29, 1.82) is 0 Å². The lowest BCUT2D eigenvalue weighted by atomic mass is 10.2. The first-order valence-electron chi connectivity index (χ1n) is 12.4. The van der Waals surface area contributed by atoms with E-state index >= 15 is 0 Å². The number of carbonyl (C=O) groups is 4. The van der Waals surface area contributed by atoms with E-state index in [-0.39, 0.29) is 30.3 Å². The van der Waals surface area contributed by atoms with Crippen LogP contribution in [0, 0.1) is 11.8 Å². The number of nitrogens with zero attached hydrogens (tertiary/aromatic N) is 2. The fourth-order valence-electron chi connectivity index (χ4n) is 3.60. The third-order valence-corrected chi connectivity index (χ3v) is 8.44. The number of hydrogen-bond acceptors (Lipinski definition) is 10. The maximum atomic E-state index is 13.4. The minimum absolute atomic E-state index is 0.180. The topological polar surface area (TPSA) is 93.2 Å². The van der Waals surface area contributed by atoms with Gasteiger partial charge < -0.3 is 9.47 Å². The van der Waals surface area contributed by atoms with Crippen LogP contribution in [-0.2, 0) is 19.1 Å². The lowest BCUT2D eigenvalue weighted by Crippen LogP contribution is -2.29. The van der Waals surface area contributed by atoms with Crippen LogP contribution >= 0.6 is 48.0 Å². The smallest absolute Gasteiger partial charge is 0.338 e. The second kappa shape index (κ2) is 12.6. The second-order valence-corrected chi connectivity index (χ2v) is 13.0. The van der Waals surface area contributed by atoms with E-state index in [0.717, 1.165) is 23.5 Å². The number of hydrogen-bond donors (Lipinski definition) is 0. The van der Waals surface area contributed by atoms with Gasteiger partial charge in [0.1, 0.15) is 0 Å². The van der Waals surface area contributed by atoms with Crippen LogP contribution in [0.3, 0.4) is 0 Å². The largest absolute Gasteiger partial charge is 0.462 e. The fourth-order valence-corrected chi connectivity index (χ4v) is 6.35. The van der Waals surface area contributed by atoms with Crippen molar-refractivity contribution >= 4 is 91.7 Å². The van der Waals surface area contributed by atoms with Gasteiger partial charge in [-0.05, 0) is 60.4 Å². The monoisotopic (exact) mass is 614 g/mol. The van der Waals surface area contributed by atoms with Gasteiger partial charge in [0.2, 0.25) is 0 Å². The predicted octanol–water partition coefficient (Wildman–Crippen LogP) is 5.95. The molecular formula is C28H26N2O6S4. The van der Waals surface area contributed by atoms with Crippen LogP contribution in [0.1, 0.15) is 48.4 Å². The van der Waals surface area contributed by atoms with Crippen LogP contribution in [0.5, 0.6) is 0 Å². The lowest BCUT2D eigenvalue weighted by molar-refractivity contribution is -0.115. The Labute approximate surface area is 251 Å². The maximum Gasteiger partial charge on any atom is 0.338 e. The fraction of sp³-hybridized carbons (Fsp3) is 0.286. The van der Waals surface area contributed by atoms with Crippen molar-refractivity contribution in [2.45, 2.75) is 27.7 Å². The minimum atomic E-state index is -0.450. The van der Waals surface area contributed by atoms with Gasteiger partial charge in [-0.15, -0.1) is 0 Å². The zero-order chi connectivity index (χ0) is 29.1. The Morgan fingerprint density at radius 3 is 1.30 bits per heavy atom. The quantitative estimate of drug-likeness (QED) is 0.202. The summed E-state index contributed by atoms with van der Waals surface area (Å²) < 4.78 is 11.0. The maximum absolute atomic E-state index is 13.4. The van der Waals surface area contributed by atoms with Crippen molar-refractivity contribution in [2.75, 3.05) is 23.0 Å². The highest BCUT2D eigenvalue weighted by molar-refractivity contribution is 8.30. The van der Waals surface area contributed by atoms with Crippen LogP contribution in [0.4, 0.5) is 11.4 Å². The SMILES string of the molecule is CC(C)COC(=O)c1ccc(N2C(=O)/C(=C3\SC(=S)N(c4ccc(C(=O)OCC(C)C)cc4)C3=O)SC2=S)cc1. The average molecular weight is 615 g/mol. The molecule has 0 radical (unpaired) electrons. The molecule has 0 saturated carbocycles. The van der Waals surface area contributed by atoms with Gasteiger partial charge >= 0.3 is 11.9 Å². The molecule has 2 saturated heterocycles. The summed E-state index contributed by atoms with van der Waals surface area (Å²) in [5.41, 5.74) is 1.64. The van der Waals surface area contributed by atoms with Crippen LogP contribution in [0.25, 0.3) is 0 Å². The van der Waals surface area contributed by atoms with Gasteiger partial charge in [0.05, 0.1) is 45.5 Å². The van der Waals surface area contributed by atoms with Crippen LogP contribution in [0.2, 0.25) is 0 Å². The highest BCUT2D eigenvalue weighted by atomic mass is 32.2. The van der Waals surface area contributed by atoms with Gasteiger partial charge in [-0.3, -0.25) is 19.4 Å². The molecule has 2 fully saturated rings. The Morgan fingerprint density at radius 1 is 0.675 bits per heavy atom. The summed E-state index contributed by atoms with van der Waals surface area (Å²) in [4.78, 5) is 54.3. The zero-order valence-corrected chi connectivity index (χ0v) is 25.4. The van der Waals surface area contributed by atoms with Crippen molar-refractivity contribution < 1.29 is 28.7 Å².